The van der Waals surface area contributed by atoms with Crippen LogP contribution in [0.4, 0.5) is 5.69 Å². The second kappa shape index (κ2) is 9.30. The van der Waals surface area contributed by atoms with Crippen LogP contribution >= 0.6 is 11.3 Å². The maximum Gasteiger partial charge on any atom is 0.335 e. The number of nitrogens with zero attached hydrogens (tertiary/aromatic N) is 1. The van der Waals surface area contributed by atoms with Gasteiger partial charge in [-0.15, -0.1) is 11.3 Å². The summed E-state index contributed by atoms with van der Waals surface area (Å²) in [6.07, 6.45) is 3.92. The summed E-state index contributed by atoms with van der Waals surface area (Å²) < 4.78 is 0. The summed E-state index contributed by atoms with van der Waals surface area (Å²) in [5, 5.41) is 15.1. The van der Waals surface area contributed by atoms with E-state index in [1.165, 1.54) is 6.07 Å². The van der Waals surface area contributed by atoms with Gasteiger partial charge in [-0.2, -0.15) is 0 Å². The van der Waals surface area contributed by atoms with Crippen molar-refractivity contribution in [1.29, 1.82) is 0 Å². The summed E-state index contributed by atoms with van der Waals surface area (Å²) >= 11 is 1.60. The third-order valence-electron chi connectivity index (χ3n) is 4.32. The highest BCUT2D eigenvalue weighted by molar-refractivity contribution is 7.10. The second-order valence-electron chi connectivity index (χ2n) is 6.91. The second-order valence-corrected chi connectivity index (χ2v) is 7.80. The molecule has 0 aliphatic heterocycles. The molecular formula is C23H22N2O3S. The predicted octanol–water partition coefficient (Wildman–Crippen LogP) is 5.32. The van der Waals surface area contributed by atoms with Gasteiger partial charge < -0.3 is 10.4 Å². The molecule has 0 saturated carbocycles. The number of benzene rings is 2. The van der Waals surface area contributed by atoms with E-state index in [9.17, 15) is 14.7 Å². The Morgan fingerprint density at radius 3 is 2.66 bits per heavy atom. The number of anilines is 1. The van der Waals surface area contributed by atoms with Crippen molar-refractivity contribution in [3.63, 3.8) is 0 Å². The summed E-state index contributed by atoms with van der Waals surface area (Å²) in [5.74, 6) is -0.900. The molecule has 3 aromatic rings. The van der Waals surface area contributed by atoms with E-state index in [2.05, 4.69) is 29.5 Å². The highest BCUT2D eigenvalue weighted by Crippen LogP contribution is 2.20. The number of carboxylic acid groups (broad SMARTS) is 1. The number of carbonyl (C=O) groups is 2. The minimum atomic E-state index is -1.04. The van der Waals surface area contributed by atoms with Crippen LogP contribution in [0.1, 0.15) is 52.0 Å². The highest BCUT2D eigenvalue weighted by atomic mass is 32.1. The van der Waals surface area contributed by atoms with E-state index in [4.69, 9.17) is 0 Å². The molecule has 1 heterocycles. The first-order chi connectivity index (χ1) is 13.9. The van der Waals surface area contributed by atoms with Crippen LogP contribution in [-0.4, -0.2) is 22.0 Å². The molecule has 2 aromatic carbocycles. The molecule has 1 amide bonds. The van der Waals surface area contributed by atoms with Crippen molar-refractivity contribution < 1.29 is 14.7 Å². The van der Waals surface area contributed by atoms with Gasteiger partial charge >= 0.3 is 5.97 Å². The summed E-state index contributed by atoms with van der Waals surface area (Å²) in [4.78, 5) is 28.3. The Hall–Kier alpha value is -3.25. The lowest BCUT2D eigenvalue weighted by atomic mass is 10.0. The first-order valence-electron chi connectivity index (χ1n) is 9.27. The Morgan fingerprint density at radius 2 is 1.93 bits per heavy atom. The molecule has 0 spiro atoms. The van der Waals surface area contributed by atoms with E-state index in [0.29, 0.717) is 17.2 Å². The van der Waals surface area contributed by atoms with Crippen molar-refractivity contribution in [3.8, 4) is 0 Å². The van der Waals surface area contributed by atoms with Gasteiger partial charge in [0.1, 0.15) is 5.01 Å². The van der Waals surface area contributed by atoms with Gasteiger partial charge in [0.05, 0.1) is 17.7 Å². The summed E-state index contributed by atoms with van der Waals surface area (Å²) in [6.45, 7) is 4.23. The number of aromatic nitrogens is 1. The van der Waals surface area contributed by atoms with Gasteiger partial charge in [-0.25, -0.2) is 9.78 Å². The van der Waals surface area contributed by atoms with Crippen LogP contribution in [0.3, 0.4) is 0 Å². The molecule has 148 valence electrons. The number of thiazole rings is 1. The Labute approximate surface area is 173 Å². The number of nitrogens with one attached hydrogen (secondary N) is 1. The molecule has 0 aliphatic rings. The first-order valence-corrected chi connectivity index (χ1v) is 10.1. The van der Waals surface area contributed by atoms with Gasteiger partial charge in [0, 0.05) is 11.1 Å². The average molecular weight is 407 g/mol. The van der Waals surface area contributed by atoms with Crippen molar-refractivity contribution in [1.82, 2.24) is 4.98 Å². The zero-order valence-electron chi connectivity index (χ0n) is 16.3. The predicted molar refractivity (Wildman–Crippen MR) is 117 cm³/mol. The van der Waals surface area contributed by atoms with E-state index in [1.807, 2.05) is 30.4 Å². The van der Waals surface area contributed by atoms with Crippen LogP contribution in [0.5, 0.6) is 0 Å². The Kier molecular flexibility index (Phi) is 6.57. The summed E-state index contributed by atoms with van der Waals surface area (Å²) in [6, 6.07) is 14.0. The number of hydrogen-bond donors (Lipinski definition) is 2. The molecular weight excluding hydrogens is 384 g/mol. The smallest absolute Gasteiger partial charge is 0.335 e. The van der Waals surface area contributed by atoms with E-state index in [0.717, 1.165) is 16.3 Å². The van der Waals surface area contributed by atoms with Gasteiger partial charge in [0.25, 0.3) is 0 Å². The quantitative estimate of drug-likeness (QED) is 0.557. The maximum absolute atomic E-state index is 12.4. The van der Waals surface area contributed by atoms with Gasteiger partial charge in [-0.1, -0.05) is 50.3 Å². The molecule has 0 unspecified atom stereocenters. The number of carbonyl (C=O) groups excluding carboxylic acids is 1. The maximum atomic E-state index is 12.4. The van der Waals surface area contributed by atoms with Gasteiger partial charge in [-0.05, 0) is 41.3 Å². The third-order valence-corrected chi connectivity index (χ3v) is 5.15. The molecule has 0 fully saturated rings. The zero-order valence-corrected chi connectivity index (χ0v) is 17.1. The Morgan fingerprint density at radius 1 is 1.14 bits per heavy atom. The van der Waals surface area contributed by atoms with Crippen LogP contribution in [0.25, 0.3) is 12.2 Å². The number of carboxylic acids is 1. The fraction of sp³-hybridized carbons (Fsp3) is 0.174. The molecule has 0 aliphatic carbocycles. The van der Waals surface area contributed by atoms with Gasteiger partial charge in [-0.3, -0.25) is 4.79 Å². The normalized spacial score (nSPS) is 11.1. The molecule has 29 heavy (non-hydrogen) atoms. The lowest BCUT2D eigenvalue weighted by molar-refractivity contribution is -0.115. The van der Waals surface area contributed by atoms with Crippen LogP contribution < -0.4 is 5.32 Å². The zero-order chi connectivity index (χ0) is 20.8. The van der Waals surface area contributed by atoms with Crippen LogP contribution in [-0.2, 0) is 11.2 Å². The van der Waals surface area contributed by atoms with Crippen molar-refractivity contribution in [3.05, 3.63) is 81.3 Å². The topological polar surface area (TPSA) is 79.3 Å². The Bertz CT molecular complexity index is 1050. The molecule has 3 rings (SSSR count). The molecule has 0 saturated heterocycles. The lowest BCUT2D eigenvalue weighted by Crippen LogP contribution is -2.16. The molecule has 2 N–H and O–H groups in total. The fourth-order valence-electron chi connectivity index (χ4n) is 2.79. The number of amides is 1. The Balaban J connectivity index is 1.67. The highest BCUT2D eigenvalue weighted by Gasteiger charge is 2.12. The van der Waals surface area contributed by atoms with Crippen LogP contribution in [0, 0.1) is 0 Å². The fourth-order valence-corrected chi connectivity index (χ4v) is 3.66. The van der Waals surface area contributed by atoms with Crippen molar-refractivity contribution in [2.75, 3.05) is 5.32 Å². The van der Waals surface area contributed by atoms with Crippen molar-refractivity contribution >= 4 is 41.1 Å². The number of hydrogen-bond acceptors (Lipinski definition) is 4. The lowest BCUT2D eigenvalue weighted by Gasteiger charge is -2.08. The molecule has 5 nitrogen and oxygen atoms in total. The van der Waals surface area contributed by atoms with Gasteiger partial charge in [0.2, 0.25) is 5.91 Å². The van der Waals surface area contributed by atoms with E-state index in [-0.39, 0.29) is 17.9 Å². The summed E-state index contributed by atoms with van der Waals surface area (Å²) in [7, 11) is 0. The van der Waals surface area contributed by atoms with Crippen molar-refractivity contribution in [2.45, 2.75) is 26.2 Å². The molecule has 0 atom stereocenters. The largest absolute Gasteiger partial charge is 0.478 e. The monoisotopic (exact) mass is 406 g/mol. The summed E-state index contributed by atoms with van der Waals surface area (Å²) in [5.41, 5.74) is 3.31. The van der Waals surface area contributed by atoms with Crippen LogP contribution in [0.15, 0.2) is 53.9 Å². The molecule has 0 bridgehead atoms. The molecule has 0 radical (unpaired) electrons. The number of aromatic carboxylic acids is 1. The van der Waals surface area contributed by atoms with Crippen molar-refractivity contribution in [2.24, 2.45) is 0 Å². The number of rotatable bonds is 7. The molecule has 1 aromatic heterocycles. The average Bonchev–Trinajstić information content (AvgIpc) is 3.16. The molecule has 6 heteroatoms. The van der Waals surface area contributed by atoms with Crippen LogP contribution in [0.2, 0.25) is 0 Å². The van der Waals surface area contributed by atoms with E-state index >= 15 is 0 Å². The van der Waals surface area contributed by atoms with Gasteiger partial charge in [0.15, 0.2) is 0 Å². The SMILES string of the molecule is CC(C)c1csc(/C=C/c2cccc(NC(=O)Cc3ccccc3C(=O)O)c2)n1. The standard InChI is InChI=1S/C23H22N2O3S/c1-15(2)20-14-29-22(25-20)11-10-16-6-5-8-18(12-16)24-21(26)13-17-7-3-4-9-19(17)23(27)28/h3-12,14-15H,13H2,1-2H3,(H,24,26)(H,27,28)/b11-10+. The minimum Gasteiger partial charge on any atom is -0.478 e. The third kappa shape index (κ3) is 5.62. The van der Waals surface area contributed by atoms with E-state index in [1.54, 1.807) is 35.6 Å². The minimum absolute atomic E-state index is 0.000362. The van der Waals surface area contributed by atoms with E-state index < -0.39 is 5.97 Å². The first kappa shape index (κ1) is 20.5.